The average molecular weight is 198 g/mol. The van der Waals surface area contributed by atoms with Crippen molar-refractivity contribution in [2.75, 3.05) is 20.2 Å². The van der Waals surface area contributed by atoms with Gasteiger partial charge in [-0.15, -0.1) is 0 Å². The van der Waals surface area contributed by atoms with Crippen molar-refractivity contribution >= 4 is 6.29 Å². The van der Waals surface area contributed by atoms with Crippen molar-refractivity contribution in [3.05, 3.63) is 0 Å². The topological polar surface area (TPSA) is 41.6 Å². The van der Waals surface area contributed by atoms with Gasteiger partial charge in [-0.1, -0.05) is 0 Å². The Labute approximate surface area is 84.6 Å². The zero-order chi connectivity index (χ0) is 9.97. The van der Waals surface area contributed by atoms with Crippen LogP contribution >= 0.6 is 0 Å². The third-order valence-electron chi connectivity index (χ3n) is 3.34. The number of nitrogens with zero attached hydrogens (tertiary/aromatic N) is 1. The molecule has 3 unspecified atom stereocenters. The van der Waals surface area contributed by atoms with Crippen LogP contribution in [0.5, 0.6) is 0 Å². The lowest BCUT2D eigenvalue weighted by molar-refractivity contribution is -0.117. The zero-order valence-electron chi connectivity index (χ0n) is 8.61. The van der Waals surface area contributed by atoms with Gasteiger partial charge in [-0.25, -0.2) is 0 Å². The molecule has 0 saturated carbocycles. The van der Waals surface area contributed by atoms with Gasteiger partial charge in [0.1, 0.15) is 12.5 Å². The summed E-state index contributed by atoms with van der Waals surface area (Å²) in [6.07, 6.45) is 3.90. The quantitative estimate of drug-likeness (QED) is 0.645. The van der Waals surface area contributed by atoms with Crippen LogP contribution in [0.4, 0.5) is 0 Å². The van der Waals surface area contributed by atoms with Crippen molar-refractivity contribution in [2.45, 2.75) is 37.6 Å². The minimum absolute atomic E-state index is 0.00731. The first-order valence-electron chi connectivity index (χ1n) is 5.31. The maximum absolute atomic E-state index is 10.5. The molecule has 2 aliphatic rings. The Morgan fingerprint density at radius 1 is 1.50 bits per heavy atom. The fourth-order valence-electron chi connectivity index (χ4n) is 2.70. The van der Waals surface area contributed by atoms with E-state index in [1.54, 1.807) is 7.11 Å². The molecular weight excluding hydrogens is 180 g/mol. The Morgan fingerprint density at radius 2 is 2.14 bits per heavy atom. The predicted octanol–water partition coefficient (Wildman–Crippen LogP) is -0.0159. The number of fused-ring (bicyclic) bond motifs is 2. The van der Waals surface area contributed by atoms with E-state index in [2.05, 4.69) is 10.2 Å². The standard InChI is InChI=1S/C10H18N2O2/c1-14-10(4-5-13)12-8-2-3-9(12)7-11-6-8/h5,8-11H,2-4,6-7H2,1H3. The predicted molar refractivity (Wildman–Crippen MR) is 53.0 cm³/mol. The summed E-state index contributed by atoms with van der Waals surface area (Å²) in [6, 6.07) is 1.14. The first-order chi connectivity index (χ1) is 6.86. The number of hydrogen-bond donors (Lipinski definition) is 1. The number of carbonyl (C=O) groups is 1. The third-order valence-corrected chi connectivity index (χ3v) is 3.34. The molecule has 2 aliphatic heterocycles. The summed E-state index contributed by atoms with van der Waals surface area (Å²) in [5, 5.41) is 3.41. The van der Waals surface area contributed by atoms with Crippen LogP contribution in [0.15, 0.2) is 0 Å². The van der Waals surface area contributed by atoms with Gasteiger partial charge in [0, 0.05) is 38.7 Å². The van der Waals surface area contributed by atoms with Crippen molar-refractivity contribution in [2.24, 2.45) is 0 Å². The molecule has 4 heteroatoms. The van der Waals surface area contributed by atoms with Gasteiger partial charge in [-0.2, -0.15) is 0 Å². The van der Waals surface area contributed by atoms with Gasteiger partial charge in [0.05, 0.1) is 0 Å². The first kappa shape index (κ1) is 10.1. The molecule has 0 amide bonds. The van der Waals surface area contributed by atoms with E-state index < -0.39 is 0 Å². The Kier molecular flexibility index (Phi) is 3.15. The Bertz CT molecular complexity index is 194. The van der Waals surface area contributed by atoms with Crippen molar-refractivity contribution in [3.63, 3.8) is 0 Å². The van der Waals surface area contributed by atoms with E-state index in [1.165, 1.54) is 12.8 Å². The number of piperazine rings is 1. The smallest absolute Gasteiger partial charge is 0.123 e. The number of methoxy groups -OCH3 is 1. The largest absolute Gasteiger partial charge is 0.366 e. The summed E-state index contributed by atoms with van der Waals surface area (Å²) in [5.41, 5.74) is 0. The van der Waals surface area contributed by atoms with Crippen molar-refractivity contribution in [1.29, 1.82) is 0 Å². The summed E-state index contributed by atoms with van der Waals surface area (Å²) in [7, 11) is 1.69. The second-order valence-corrected chi connectivity index (χ2v) is 4.08. The van der Waals surface area contributed by atoms with Gasteiger partial charge in [0.2, 0.25) is 0 Å². The summed E-state index contributed by atoms with van der Waals surface area (Å²) in [5.74, 6) is 0. The molecule has 0 radical (unpaired) electrons. The van der Waals surface area contributed by atoms with Crippen LogP contribution in [-0.4, -0.2) is 49.7 Å². The Hall–Kier alpha value is -0.450. The highest BCUT2D eigenvalue weighted by molar-refractivity contribution is 5.50. The molecule has 0 spiro atoms. The highest BCUT2D eigenvalue weighted by Crippen LogP contribution is 2.29. The van der Waals surface area contributed by atoms with E-state index in [9.17, 15) is 4.79 Å². The van der Waals surface area contributed by atoms with Crippen LogP contribution in [0, 0.1) is 0 Å². The van der Waals surface area contributed by atoms with E-state index in [4.69, 9.17) is 4.74 Å². The van der Waals surface area contributed by atoms with Crippen molar-refractivity contribution in [1.82, 2.24) is 10.2 Å². The van der Waals surface area contributed by atoms with E-state index >= 15 is 0 Å². The molecule has 2 rings (SSSR count). The monoisotopic (exact) mass is 198 g/mol. The normalized spacial score (nSPS) is 34.4. The number of aldehydes is 1. The van der Waals surface area contributed by atoms with Crippen LogP contribution in [0.3, 0.4) is 0 Å². The molecule has 1 N–H and O–H groups in total. The van der Waals surface area contributed by atoms with Crippen LogP contribution in [0.1, 0.15) is 19.3 Å². The number of rotatable bonds is 4. The SMILES string of the molecule is COC(CC=O)N1C2CCC1CNC2. The van der Waals surface area contributed by atoms with E-state index in [-0.39, 0.29) is 6.23 Å². The van der Waals surface area contributed by atoms with Crippen LogP contribution in [-0.2, 0) is 9.53 Å². The molecule has 2 bridgehead atoms. The lowest BCUT2D eigenvalue weighted by atomic mass is 10.2. The van der Waals surface area contributed by atoms with Gasteiger partial charge in [0.15, 0.2) is 0 Å². The first-order valence-corrected chi connectivity index (χ1v) is 5.31. The number of nitrogens with one attached hydrogen (secondary N) is 1. The second kappa shape index (κ2) is 4.38. The highest BCUT2D eigenvalue weighted by Gasteiger charge is 2.40. The summed E-state index contributed by atoms with van der Waals surface area (Å²) in [4.78, 5) is 12.9. The Balaban J connectivity index is 2.04. The molecule has 4 nitrogen and oxygen atoms in total. The minimum atomic E-state index is -0.00731. The second-order valence-electron chi connectivity index (χ2n) is 4.08. The maximum Gasteiger partial charge on any atom is 0.123 e. The van der Waals surface area contributed by atoms with Crippen molar-refractivity contribution < 1.29 is 9.53 Å². The van der Waals surface area contributed by atoms with Crippen LogP contribution in [0.2, 0.25) is 0 Å². The lowest BCUT2D eigenvalue weighted by Crippen LogP contribution is -2.56. The van der Waals surface area contributed by atoms with E-state index in [0.717, 1.165) is 19.4 Å². The minimum Gasteiger partial charge on any atom is -0.366 e. The summed E-state index contributed by atoms with van der Waals surface area (Å²) >= 11 is 0. The van der Waals surface area contributed by atoms with Crippen LogP contribution in [0.25, 0.3) is 0 Å². The molecule has 2 heterocycles. The highest BCUT2D eigenvalue weighted by atomic mass is 16.5. The fourth-order valence-corrected chi connectivity index (χ4v) is 2.70. The van der Waals surface area contributed by atoms with Gasteiger partial charge in [-0.05, 0) is 12.8 Å². The molecule has 2 fully saturated rings. The molecular formula is C10H18N2O2. The van der Waals surface area contributed by atoms with Crippen LogP contribution < -0.4 is 5.32 Å². The van der Waals surface area contributed by atoms with Crippen molar-refractivity contribution in [3.8, 4) is 0 Å². The molecule has 2 saturated heterocycles. The summed E-state index contributed by atoms with van der Waals surface area (Å²) in [6.45, 7) is 2.07. The van der Waals surface area contributed by atoms with Gasteiger partial charge >= 0.3 is 0 Å². The molecule has 3 atom stereocenters. The number of hydrogen-bond acceptors (Lipinski definition) is 4. The molecule has 14 heavy (non-hydrogen) atoms. The average Bonchev–Trinajstić information content (AvgIpc) is 2.47. The van der Waals surface area contributed by atoms with Gasteiger partial charge < -0.3 is 14.8 Å². The van der Waals surface area contributed by atoms with Gasteiger partial charge in [0.25, 0.3) is 0 Å². The molecule has 0 aromatic carbocycles. The molecule has 0 aromatic rings. The fraction of sp³-hybridized carbons (Fsp3) is 0.900. The number of carbonyl (C=O) groups excluding carboxylic acids is 1. The third kappa shape index (κ3) is 1.69. The van der Waals surface area contributed by atoms with E-state index in [0.29, 0.717) is 18.5 Å². The number of ether oxygens (including phenoxy) is 1. The molecule has 0 aromatic heterocycles. The lowest BCUT2D eigenvalue weighted by Gasteiger charge is -2.39. The summed E-state index contributed by atoms with van der Waals surface area (Å²) < 4.78 is 5.38. The molecule has 0 aliphatic carbocycles. The Morgan fingerprint density at radius 3 is 2.64 bits per heavy atom. The zero-order valence-corrected chi connectivity index (χ0v) is 8.61. The maximum atomic E-state index is 10.5. The molecule has 80 valence electrons. The van der Waals surface area contributed by atoms with E-state index in [1.807, 2.05) is 0 Å². The van der Waals surface area contributed by atoms with Gasteiger partial charge in [-0.3, -0.25) is 4.90 Å².